The summed E-state index contributed by atoms with van der Waals surface area (Å²) >= 11 is 5.15. The van der Waals surface area contributed by atoms with Gasteiger partial charge in [0.25, 0.3) is 0 Å². The van der Waals surface area contributed by atoms with Gasteiger partial charge in [0.1, 0.15) is 0 Å². The molecule has 12 heavy (non-hydrogen) atoms. The lowest BCUT2D eigenvalue weighted by molar-refractivity contribution is 0.334. The highest BCUT2D eigenvalue weighted by atomic mass is 32.1. The van der Waals surface area contributed by atoms with Crippen molar-refractivity contribution in [3.63, 3.8) is 0 Å². The third kappa shape index (κ3) is 2.95. The Morgan fingerprint density at radius 2 is 2.33 bits per heavy atom. The quantitative estimate of drug-likeness (QED) is 0.504. The van der Waals surface area contributed by atoms with Gasteiger partial charge in [-0.25, -0.2) is 0 Å². The van der Waals surface area contributed by atoms with Gasteiger partial charge in [0, 0.05) is 6.54 Å². The van der Waals surface area contributed by atoms with Crippen molar-refractivity contribution < 1.29 is 0 Å². The van der Waals surface area contributed by atoms with Crippen LogP contribution in [-0.4, -0.2) is 29.9 Å². The fourth-order valence-corrected chi connectivity index (χ4v) is 1.47. The van der Waals surface area contributed by atoms with E-state index in [9.17, 15) is 0 Å². The Morgan fingerprint density at radius 1 is 1.50 bits per heavy atom. The maximum Gasteiger partial charge on any atom is 0.170 e. The summed E-state index contributed by atoms with van der Waals surface area (Å²) in [7, 11) is 0. The Bertz CT molecular complexity index is 149. The summed E-state index contributed by atoms with van der Waals surface area (Å²) < 4.78 is 0. The first-order chi connectivity index (χ1) is 5.84. The molecular weight excluding hydrogens is 170 g/mol. The maximum absolute atomic E-state index is 5.15. The van der Waals surface area contributed by atoms with Crippen molar-refractivity contribution in [3.05, 3.63) is 0 Å². The molecule has 1 saturated heterocycles. The van der Waals surface area contributed by atoms with Crippen LogP contribution in [0.3, 0.4) is 0 Å². The highest BCUT2D eigenvalue weighted by Gasteiger charge is 2.11. The van der Waals surface area contributed by atoms with Crippen LogP contribution in [0.25, 0.3) is 0 Å². The second kappa shape index (κ2) is 5.32. The smallest absolute Gasteiger partial charge is 0.170 e. The molecule has 1 heterocycles. The molecule has 0 saturated carbocycles. The fourth-order valence-electron chi connectivity index (χ4n) is 1.25. The summed E-state index contributed by atoms with van der Waals surface area (Å²) in [4.78, 5) is 2.18. The van der Waals surface area contributed by atoms with E-state index in [0.717, 1.165) is 25.0 Å². The van der Waals surface area contributed by atoms with E-state index in [0.29, 0.717) is 0 Å². The van der Waals surface area contributed by atoms with Crippen molar-refractivity contribution in [3.8, 4) is 0 Å². The number of thiocarbonyl (C=S) groups is 1. The van der Waals surface area contributed by atoms with Gasteiger partial charge in [-0.05, 0) is 18.6 Å². The average Bonchev–Trinajstić information content (AvgIpc) is 2.09. The van der Waals surface area contributed by atoms with E-state index in [2.05, 4.69) is 22.5 Å². The first-order valence-corrected chi connectivity index (χ1v) is 4.99. The lowest BCUT2D eigenvalue weighted by atomic mass is 10.2. The zero-order valence-electron chi connectivity index (χ0n) is 7.60. The van der Waals surface area contributed by atoms with Gasteiger partial charge in [0.05, 0.1) is 13.3 Å². The second-order valence-corrected chi connectivity index (χ2v) is 3.42. The van der Waals surface area contributed by atoms with Crippen LogP contribution in [0.15, 0.2) is 0 Å². The number of nitrogens with one attached hydrogen (secondary N) is 2. The minimum atomic E-state index is 0.809. The van der Waals surface area contributed by atoms with Crippen molar-refractivity contribution in [2.45, 2.75) is 26.2 Å². The third-order valence-corrected chi connectivity index (χ3v) is 2.39. The van der Waals surface area contributed by atoms with Crippen LogP contribution >= 0.6 is 12.2 Å². The molecule has 0 aromatic heterocycles. The second-order valence-electron chi connectivity index (χ2n) is 3.04. The molecule has 0 bridgehead atoms. The Hall–Kier alpha value is -0.350. The summed E-state index contributed by atoms with van der Waals surface area (Å²) in [5.74, 6) is 0. The van der Waals surface area contributed by atoms with Gasteiger partial charge in [-0.1, -0.05) is 19.8 Å². The molecule has 0 aliphatic carbocycles. The molecule has 0 aromatic carbocycles. The molecule has 1 aliphatic heterocycles. The van der Waals surface area contributed by atoms with Gasteiger partial charge in [0.2, 0.25) is 0 Å². The third-order valence-electron chi connectivity index (χ3n) is 1.99. The zero-order valence-corrected chi connectivity index (χ0v) is 8.41. The number of hydrogen-bond acceptors (Lipinski definition) is 2. The first-order valence-electron chi connectivity index (χ1n) is 4.58. The van der Waals surface area contributed by atoms with Crippen molar-refractivity contribution in [2.75, 3.05) is 19.9 Å². The minimum absolute atomic E-state index is 0.809. The van der Waals surface area contributed by atoms with Crippen molar-refractivity contribution >= 4 is 17.3 Å². The fraction of sp³-hybridized carbons (Fsp3) is 0.875. The van der Waals surface area contributed by atoms with Gasteiger partial charge in [-0.2, -0.15) is 0 Å². The van der Waals surface area contributed by atoms with Gasteiger partial charge in [0.15, 0.2) is 5.11 Å². The van der Waals surface area contributed by atoms with Crippen LogP contribution in [0, 0.1) is 0 Å². The summed E-state index contributed by atoms with van der Waals surface area (Å²) in [5.41, 5.74) is 0. The number of nitrogens with zero attached hydrogens (tertiary/aromatic N) is 1. The predicted octanol–water partition coefficient (Wildman–Crippen LogP) is 0.871. The predicted molar refractivity (Wildman–Crippen MR) is 54.8 cm³/mol. The average molecular weight is 187 g/mol. The van der Waals surface area contributed by atoms with Crippen LogP contribution in [0.2, 0.25) is 0 Å². The van der Waals surface area contributed by atoms with Crippen molar-refractivity contribution in [1.29, 1.82) is 0 Å². The van der Waals surface area contributed by atoms with E-state index in [4.69, 9.17) is 12.2 Å². The first kappa shape index (κ1) is 9.74. The van der Waals surface area contributed by atoms with E-state index in [1.54, 1.807) is 0 Å². The van der Waals surface area contributed by atoms with E-state index in [1.807, 2.05) is 0 Å². The van der Waals surface area contributed by atoms with Crippen LogP contribution in [0.5, 0.6) is 0 Å². The number of rotatable bonds is 4. The number of hydrogen-bond donors (Lipinski definition) is 2. The van der Waals surface area contributed by atoms with E-state index in [-0.39, 0.29) is 0 Å². The topological polar surface area (TPSA) is 27.3 Å². The Balaban J connectivity index is 2.16. The summed E-state index contributed by atoms with van der Waals surface area (Å²) in [6.07, 6.45) is 3.79. The molecule has 0 aromatic rings. The molecule has 0 atom stereocenters. The molecule has 3 nitrogen and oxygen atoms in total. The molecule has 0 spiro atoms. The molecule has 0 amide bonds. The Labute approximate surface area is 79.5 Å². The van der Waals surface area contributed by atoms with Crippen LogP contribution in [0.1, 0.15) is 26.2 Å². The van der Waals surface area contributed by atoms with Gasteiger partial charge >= 0.3 is 0 Å². The lowest BCUT2D eigenvalue weighted by Gasteiger charge is -2.30. The molecule has 1 aliphatic rings. The van der Waals surface area contributed by atoms with E-state index < -0.39 is 0 Å². The molecule has 0 unspecified atom stereocenters. The maximum atomic E-state index is 5.15. The molecule has 1 fully saturated rings. The zero-order chi connectivity index (χ0) is 8.81. The number of unbranched alkanes of at least 4 members (excludes halogenated alkanes) is 2. The van der Waals surface area contributed by atoms with Crippen LogP contribution in [0.4, 0.5) is 0 Å². The molecule has 4 heteroatoms. The lowest BCUT2D eigenvalue weighted by Crippen LogP contribution is -2.54. The molecule has 0 radical (unpaired) electrons. The van der Waals surface area contributed by atoms with Gasteiger partial charge in [-0.15, -0.1) is 0 Å². The molecule has 70 valence electrons. The van der Waals surface area contributed by atoms with E-state index in [1.165, 1.54) is 19.3 Å². The Morgan fingerprint density at radius 3 is 3.00 bits per heavy atom. The van der Waals surface area contributed by atoms with E-state index >= 15 is 0 Å². The largest absolute Gasteiger partial charge is 0.350 e. The SMILES string of the molecule is CCCCCN1CNCNC1=S. The van der Waals surface area contributed by atoms with Gasteiger partial charge in [-0.3, -0.25) is 5.32 Å². The van der Waals surface area contributed by atoms with Crippen molar-refractivity contribution in [1.82, 2.24) is 15.5 Å². The highest BCUT2D eigenvalue weighted by molar-refractivity contribution is 7.80. The normalized spacial score (nSPS) is 17.8. The van der Waals surface area contributed by atoms with Crippen molar-refractivity contribution in [2.24, 2.45) is 0 Å². The molecular formula is C8H17N3S. The summed E-state index contributed by atoms with van der Waals surface area (Å²) in [6.45, 7) is 5.00. The summed E-state index contributed by atoms with van der Waals surface area (Å²) in [6, 6.07) is 0. The van der Waals surface area contributed by atoms with Gasteiger partial charge < -0.3 is 10.2 Å². The minimum Gasteiger partial charge on any atom is -0.350 e. The van der Waals surface area contributed by atoms with Crippen LogP contribution < -0.4 is 10.6 Å². The summed E-state index contributed by atoms with van der Waals surface area (Å²) in [5, 5.41) is 7.22. The van der Waals surface area contributed by atoms with Crippen LogP contribution in [-0.2, 0) is 0 Å². The highest BCUT2D eigenvalue weighted by Crippen LogP contribution is 1.99. The standard InChI is InChI=1S/C8H17N3S/c1-2-3-4-5-11-7-9-6-10-8(11)12/h9H,2-7H2,1H3,(H,10,12). The molecule has 2 N–H and O–H groups in total. The molecule has 1 rings (SSSR count). The monoisotopic (exact) mass is 187 g/mol. The Kier molecular flexibility index (Phi) is 4.32.